The van der Waals surface area contributed by atoms with Crippen molar-refractivity contribution in [2.24, 2.45) is 11.8 Å². The SMILES string of the molecule is CN(C)CC(=O)NC[C@H]1[C@H]2C[C@H](CN(c3cnccn3)C2)[C@@H]2CCCC(=O)N21. The third-order valence-corrected chi connectivity index (χ3v) is 6.34. The number of nitrogens with one attached hydrogen (secondary N) is 1. The van der Waals surface area contributed by atoms with Crippen LogP contribution in [-0.4, -0.2) is 83.9 Å². The fourth-order valence-corrected chi connectivity index (χ4v) is 5.24. The second-order valence-corrected chi connectivity index (χ2v) is 8.59. The van der Waals surface area contributed by atoms with Crippen LogP contribution in [0.4, 0.5) is 5.82 Å². The molecule has 3 fully saturated rings. The molecule has 1 N–H and O–H groups in total. The highest BCUT2D eigenvalue weighted by Gasteiger charge is 2.49. The van der Waals surface area contributed by atoms with Crippen LogP contribution in [0.2, 0.25) is 0 Å². The number of piperidine rings is 3. The Bertz CT molecular complexity index is 712. The van der Waals surface area contributed by atoms with Crippen LogP contribution in [0.5, 0.6) is 0 Å². The molecule has 4 rings (SSSR count). The maximum Gasteiger partial charge on any atom is 0.234 e. The van der Waals surface area contributed by atoms with Gasteiger partial charge in [0.2, 0.25) is 11.8 Å². The zero-order chi connectivity index (χ0) is 19.7. The highest BCUT2D eigenvalue weighted by Crippen LogP contribution is 2.42. The van der Waals surface area contributed by atoms with Gasteiger partial charge in [-0.2, -0.15) is 0 Å². The quantitative estimate of drug-likeness (QED) is 0.787. The predicted molar refractivity (Wildman–Crippen MR) is 106 cm³/mol. The van der Waals surface area contributed by atoms with Crippen LogP contribution in [0.15, 0.2) is 18.6 Å². The number of carbonyl (C=O) groups is 2. The summed E-state index contributed by atoms with van der Waals surface area (Å²) in [6.45, 7) is 2.66. The lowest BCUT2D eigenvalue weighted by atomic mass is 9.72. The molecule has 2 amide bonds. The fraction of sp³-hybridized carbons (Fsp3) is 0.700. The molecule has 0 radical (unpaired) electrons. The van der Waals surface area contributed by atoms with Gasteiger partial charge in [-0.3, -0.25) is 14.6 Å². The number of carbonyl (C=O) groups excluding carboxylic acids is 2. The minimum Gasteiger partial charge on any atom is -0.355 e. The molecule has 0 spiro atoms. The van der Waals surface area contributed by atoms with Gasteiger partial charge < -0.3 is 20.0 Å². The van der Waals surface area contributed by atoms with Crippen molar-refractivity contribution in [3.8, 4) is 0 Å². The van der Waals surface area contributed by atoms with Crippen molar-refractivity contribution in [1.82, 2.24) is 25.1 Å². The van der Waals surface area contributed by atoms with Crippen molar-refractivity contribution >= 4 is 17.6 Å². The Hall–Kier alpha value is -2.22. The van der Waals surface area contributed by atoms with Crippen LogP contribution in [0.25, 0.3) is 0 Å². The second kappa shape index (κ2) is 8.03. The molecule has 3 aliphatic rings. The number of fused-ring (bicyclic) bond motifs is 4. The maximum absolute atomic E-state index is 12.8. The Balaban J connectivity index is 1.54. The Morgan fingerprint density at radius 3 is 2.86 bits per heavy atom. The summed E-state index contributed by atoms with van der Waals surface area (Å²) in [5.74, 6) is 1.96. The number of anilines is 1. The lowest BCUT2D eigenvalue weighted by Crippen LogP contribution is -2.67. The molecule has 0 aromatic carbocycles. The Morgan fingerprint density at radius 2 is 2.11 bits per heavy atom. The van der Waals surface area contributed by atoms with Crippen LogP contribution in [-0.2, 0) is 9.59 Å². The minimum atomic E-state index is 0.00900. The monoisotopic (exact) mass is 386 g/mol. The molecule has 0 saturated carbocycles. The van der Waals surface area contributed by atoms with E-state index in [2.05, 4.69) is 25.1 Å². The average molecular weight is 387 g/mol. The van der Waals surface area contributed by atoms with Crippen molar-refractivity contribution in [3.63, 3.8) is 0 Å². The molecule has 2 bridgehead atoms. The predicted octanol–water partition coefficient (Wildman–Crippen LogP) is 0.360. The summed E-state index contributed by atoms with van der Waals surface area (Å²) in [5.41, 5.74) is 0. The first-order valence-electron chi connectivity index (χ1n) is 10.3. The fourth-order valence-electron chi connectivity index (χ4n) is 5.24. The highest BCUT2D eigenvalue weighted by molar-refractivity contribution is 5.79. The van der Waals surface area contributed by atoms with Gasteiger partial charge in [0.05, 0.1) is 18.8 Å². The number of hydrogen-bond acceptors (Lipinski definition) is 6. The Labute approximate surface area is 166 Å². The summed E-state index contributed by atoms with van der Waals surface area (Å²) in [5, 5.41) is 3.07. The van der Waals surface area contributed by atoms with E-state index in [-0.39, 0.29) is 23.9 Å². The number of likely N-dealkylation sites (N-methyl/N-ethyl adjacent to an activating group) is 1. The molecule has 152 valence electrons. The molecule has 1 aromatic heterocycles. The summed E-state index contributed by atoms with van der Waals surface area (Å²) in [6, 6.07) is 0.326. The smallest absolute Gasteiger partial charge is 0.234 e. The molecular formula is C20H30N6O2. The molecule has 8 heteroatoms. The van der Waals surface area contributed by atoms with E-state index in [1.165, 1.54) is 0 Å². The van der Waals surface area contributed by atoms with Gasteiger partial charge in [-0.05, 0) is 45.2 Å². The molecule has 0 aliphatic carbocycles. The van der Waals surface area contributed by atoms with Crippen molar-refractivity contribution < 1.29 is 9.59 Å². The van der Waals surface area contributed by atoms with Crippen molar-refractivity contribution in [3.05, 3.63) is 18.6 Å². The van der Waals surface area contributed by atoms with Crippen molar-refractivity contribution in [2.75, 3.05) is 45.2 Å². The maximum atomic E-state index is 12.8. The number of hydrogen-bond donors (Lipinski definition) is 1. The van der Waals surface area contributed by atoms with E-state index in [1.54, 1.807) is 12.4 Å². The van der Waals surface area contributed by atoms with E-state index >= 15 is 0 Å². The molecule has 3 aliphatic heterocycles. The Morgan fingerprint density at radius 1 is 1.29 bits per heavy atom. The molecular weight excluding hydrogens is 356 g/mol. The third-order valence-electron chi connectivity index (χ3n) is 6.34. The van der Waals surface area contributed by atoms with Gasteiger partial charge in [0.1, 0.15) is 5.82 Å². The molecule has 3 saturated heterocycles. The van der Waals surface area contributed by atoms with Crippen LogP contribution >= 0.6 is 0 Å². The summed E-state index contributed by atoms with van der Waals surface area (Å²) < 4.78 is 0. The molecule has 1 aromatic rings. The first kappa shape index (κ1) is 19.1. The Kier molecular flexibility index (Phi) is 5.48. The van der Waals surface area contributed by atoms with Gasteiger partial charge in [0.25, 0.3) is 0 Å². The van der Waals surface area contributed by atoms with E-state index in [0.29, 0.717) is 31.3 Å². The van der Waals surface area contributed by atoms with Gasteiger partial charge in [-0.25, -0.2) is 4.98 Å². The highest BCUT2D eigenvalue weighted by atomic mass is 16.2. The van der Waals surface area contributed by atoms with E-state index in [4.69, 9.17) is 0 Å². The third kappa shape index (κ3) is 3.83. The number of amides is 2. The van der Waals surface area contributed by atoms with Crippen molar-refractivity contribution in [2.45, 2.75) is 37.8 Å². The molecule has 4 heterocycles. The molecule has 0 unspecified atom stereocenters. The minimum absolute atomic E-state index is 0.00900. The summed E-state index contributed by atoms with van der Waals surface area (Å²) in [4.78, 5) is 40.0. The van der Waals surface area contributed by atoms with Crippen LogP contribution in [0.3, 0.4) is 0 Å². The molecule has 28 heavy (non-hydrogen) atoms. The summed E-state index contributed by atoms with van der Waals surface area (Å²) >= 11 is 0. The summed E-state index contributed by atoms with van der Waals surface area (Å²) in [6.07, 6.45) is 9.00. The lowest BCUT2D eigenvalue weighted by Gasteiger charge is -2.56. The molecule has 4 atom stereocenters. The van der Waals surface area contributed by atoms with Crippen molar-refractivity contribution in [1.29, 1.82) is 0 Å². The van der Waals surface area contributed by atoms with E-state index < -0.39 is 0 Å². The molecule has 8 nitrogen and oxygen atoms in total. The van der Waals surface area contributed by atoms with Crippen LogP contribution in [0, 0.1) is 11.8 Å². The largest absolute Gasteiger partial charge is 0.355 e. The average Bonchev–Trinajstić information content (AvgIpc) is 2.68. The van der Waals surface area contributed by atoms with Gasteiger partial charge in [-0.1, -0.05) is 0 Å². The first-order chi connectivity index (χ1) is 13.5. The zero-order valence-corrected chi connectivity index (χ0v) is 16.8. The van der Waals surface area contributed by atoms with E-state index in [1.807, 2.05) is 25.2 Å². The first-order valence-corrected chi connectivity index (χ1v) is 10.3. The van der Waals surface area contributed by atoms with Gasteiger partial charge >= 0.3 is 0 Å². The number of rotatable bonds is 5. The lowest BCUT2D eigenvalue weighted by molar-refractivity contribution is -0.149. The summed E-state index contributed by atoms with van der Waals surface area (Å²) in [7, 11) is 3.77. The second-order valence-electron chi connectivity index (χ2n) is 8.59. The standard InChI is InChI=1S/C20H30N6O2/c1-24(2)13-19(27)23-9-17-15-8-14(16-4-3-5-20(28)26(16)17)11-25(12-15)18-10-21-6-7-22-18/h6-7,10,14-17H,3-5,8-9,11-13H2,1-2H3,(H,23,27)/t14-,15+,16+,17+/m1/s1. The zero-order valence-electron chi connectivity index (χ0n) is 16.8. The van der Waals surface area contributed by atoms with Gasteiger partial charge in [0, 0.05) is 44.5 Å². The number of nitrogens with zero attached hydrogens (tertiary/aromatic N) is 5. The van der Waals surface area contributed by atoms with Crippen LogP contribution < -0.4 is 10.2 Å². The van der Waals surface area contributed by atoms with Gasteiger partial charge in [0.15, 0.2) is 0 Å². The topological polar surface area (TPSA) is 81.7 Å². The van der Waals surface area contributed by atoms with E-state index in [9.17, 15) is 9.59 Å². The number of aromatic nitrogens is 2. The van der Waals surface area contributed by atoms with Gasteiger partial charge in [-0.15, -0.1) is 0 Å². The normalized spacial score (nSPS) is 29.6. The van der Waals surface area contributed by atoms with E-state index in [0.717, 1.165) is 38.2 Å². The van der Waals surface area contributed by atoms with Crippen LogP contribution in [0.1, 0.15) is 25.7 Å².